The molecule has 0 fully saturated rings. The number of anilines is 1. The van der Waals surface area contributed by atoms with Crippen LogP contribution in [0.25, 0.3) is 6.08 Å². The number of carbonyl (C=O) groups is 1. The van der Waals surface area contributed by atoms with Crippen LogP contribution in [0, 0.1) is 0 Å². The summed E-state index contributed by atoms with van der Waals surface area (Å²) in [7, 11) is 3.14. The summed E-state index contributed by atoms with van der Waals surface area (Å²) in [6, 6.07) is 13.1. The van der Waals surface area contributed by atoms with Crippen molar-refractivity contribution in [3.05, 3.63) is 64.7 Å². The molecule has 0 saturated heterocycles. The zero-order chi connectivity index (χ0) is 20.6. The quantitative estimate of drug-likeness (QED) is 0.292. The Balaban J connectivity index is 1.56. The number of amides is 1. The van der Waals surface area contributed by atoms with Gasteiger partial charge in [0, 0.05) is 16.9 Å². The third-order valence-electron chi connectivity index (χ3n) is 3.78. The van der Waals surface area contributed by atoms with E-state index >= 15 is 0 Å². The highest BCUT2D eigenvalue weighted by Gasteiger charge is 2.09. The van der Waals surface area contributed by atoms with Gasteiger partial charge in [-0.1, -0.05) is 59.0 Å². The predicted octanol–water partition coefficient (Wildman–Crippen LogP) is 5.15. The molecule has 0 radical (unpaired) electrons. The van der Waals surface area contributed by atoms with Crippen LogP contribution in [0.1, 0.15) is 11.1 Å². The van der Waals surface area contributed by atoms with Gasteiger partial charge in [0.15, 0.2) is 15.8 Å². The van der Waals surface area contributed by atoms with Crippen LogP contribution < -0.4 is 14.8 Å². The maximum absolute atomic E-state index is 12.2. The van der Waals surface area contributed by atoms with E-state index in [4.69, 9.17) is 21.1 Å². The second kappa shape index (κ2) is 10.3. The van der Waals surface area contributed by atoms with Crippen LogP contribution in [-0.4, -0.2) is 30.3 Å². The lowest BCUT2D eigenvalue weighted by Gasteiger charge is -2.07. The molecule has 0 atom stereocenters. The number of hydrogen-bond acceptors (Lipinski definition) is 7. The maximum Gasteiger partial charge on any atom is 0.250 e. The Morgan fingerprint density at radius 2 is 1.97 bits per heavy atom. The van der Waals surface area contributed by atoms with E-state index in [-0.39, 0.29) is 5.91 Å². The molecule has 0 aliphatic carbocycles. The number of thioether (sulfide) groups is 1. The molecule has 0 saturated carbocycles. The number of benzene rings is 2. The van der Waals surface area contributed by atoms with Crippen LogP contribution in [0.15, 0.2) is 52.9 Å². The molecule has 1 N–H and O–H groups in total. The van der Waals surface area contributed by atoms with Crippen molar-refractivity contribution in [1.29, 1.82) is 0 Å². The molecule has 1 amide bonds. The van der Waals surface area contributed by atoms with Crippen LogP contribution in [0.5, 0.6) is 11.5 Å². The van der Waals surface area contributed by atoms with Gasteiger partial charge in [0.25, 0.3) is 0 Å². The molecule has 0 bridgehead atoms. The number of hydrogen-bond donors (Lipinski definition) is 1. The minimum absolute atomic E-state index is 0.293. The molecule has 3 aromatic rings. The first-order chi connectivity index (χ1) is 14.1. The van der Waals surface area contributed by atoms with Crippen LogP contribution in [0.3, 0.4) is 0 Å². The number of ether oxygens (including phenoxy) is 2. The SMILES string of the molecule is COc1ccc(/C=C/C(=O)Nc2nnc(SCc3ccccc3Cl)s2)cc1OC. The fourth-order valence-electron chi connectivity index (χ4n) is 2.35. The molecule has 9 heteroatoms. The first kappa shape index (κ1) is 21.2. The smallest absolute Gasteiger partial charge is 0.250 e. The van der Waals surface area contributed by atoms with Gasteiger partial charge in [-0.2, -0.15) is 0 Å². The first-order valence-electron chi connectivity index (χ1n) is 8.50. The number of rotatable bonds is 8. The molecule has 0 spiro atoms. The van der Waals surface area contributed by atoms with E-state index in [0.717, 1.165) is 20.5 Å². The topological polar surface area (TPSA) is 73.3 Å². The van der Waals surface area contributed by atoms with E-state index in [1.165, 1.54) is 29.2 Å². The zero-order valence-corrected chi connectivity index (χ0v) is 18.1. The highest BCUT2D eigenvalue weighted by atomic mass is 35.5. The third kappa shape index (κ3) is 5.96. The van der Waals surface area contributed by atoms with E-state index in [2.05, 4.69) is 15.5 Å². The lowest BCUT2D eigenvalue weighted by molar-refractivity contribution is -0.111. The van der Waals surface area contributed by atoms with Gasteiger partial charge in [0.1, 0.15) is 0 Å². The molecular formula is C20H18ClN3O3S2. The van der Waals surface area contributed by atoms with Crippen molar-refractivity contribution in [2.75, 3.05) is 19.5 Å². The van der Waals surface area contributed by atoms with Gasteiger partial charge in [-0.15, -0.1) is 10.2 Å². The second-order valence-electron chi connectivity index (χ2n) is 5.69. The average Bonchev–Trinajstić information content (AvgIpc) is 3.18. The van der Waals surface area contributed by atoms with Crippen molar-refractivity contribution >= 4 is 51.8 Å². The molecule has 150 valence electrons. The van der Waals surface area contributed by atoms with E-state index < -0.39 is 0 Å². The Labute approximate surface area is 181 Å². The molecule has 0 aliphatic rings. The predicted molar refractivity (Wildman–Crippen MR) is 118 cm³/mol. The van der Waals surface area contributed by atoms with Gasteiger partial charge in [0.05, 0.1) is 14.2 Å². The standard InChI is InChI=1S/C20H18ClN3O3S2/c1-26-16-9-7-13(11-17(16)27-2)8-10-18(25)22-19-23-24-20(29-19)28-12-14-5-3-4-6-15(14)21/h3-11H,12H2,1-2H3,(H,22,23,25)/b10-8+. The van der Waals surface area contributed by atoms with Crippen molar-refractivity contribution < 1.29 is 14.3 Å². The third-order valence-corrected chi connectivity index (χ3v) is 6.17. The number of nitrogens with zero attached hydrogens (tertiary/aromatic N) is 2. The van der Waals surface area contributed by atoms with Gasteiger partial charge in [-0.05, 0) is 35.4 Å². The monoisotopic (exact) mass is 447 g/mol. The Morgan fingerprint density at radius 3 is 2.72 bits per heavy atom. The van der Waals surface area contributed by atoms with E-state index in [1.54, 1.807) is 32.4 Å². The minimum atomic E-state index is -0.293. The van der Waals surface area contributed by atoms with Crippen molar-refractivity contribution in [1.82, 2.24) is 10.2 Å². The van der Waals surface area contributed by atoms with Gasteiger partial charge >= 0.3 is 0 Å². The normalized spacial score (nSPS) is 10.9. The summed E-state index contributed by atoms with van der Waals surface area (Å²) >= 11 is 8.99. The maximum atomic E-state index is 12.2. The molecule has 3 rings (SSSR count). The lowest BCUT2D eigenvalue weighted by Crippen LogP contribution is -2.07. The van der Waals surface area contributed by atoms with Gasteiger partial charge in [0.2, 0.25) is 11.0 Å². The molecular weight excluding hydrogens is 430 g/mol. The highest BCUT2D eigenvalue weighted by molar-refractivity contribution is 8.00. The van der Waals surface area contributed by atoms with Crippen molar-refractivity contribution in [2.24, 2.45) is 0 Å². The fourth-order valence-corrected chi connectivity index (χ4v) is 4.39. The van der Waals surface area contributed by atoms with Gasteiger partial charge in [-0.25, -0.2) is 0 Å². The number of methoxy groups -OCH3 is 2. The summed E-state index contributed by atoms with van der Waals surface area (Å²) in [6.45, 7) is 0. The fraction of sp³-hybridized carbons (Fsp3) is 0.150. The molecule has 29 heavy (non-hydrogen) atoms. The summed E-state index contributed by atoms with van der Waals surface area (Å²) in [5, 5.41) is 12.0. The molecule has 1 heterocycles. The van der Waals surface area contributed by atoms with Crippen LogP contribution >= 0.6 is 34.7 Å². The Kier molecular flexibility index (Phi) is 7.51. The Bertz CT molecular complexity index is 1020. The molecule has 2 aromatic carbocycles. The summed E-state index contributed by atoms with van der Waals surface area (Å²) in [5.74, 6) is 1.62. The van der Waals surface area contributed by atoms with Crippen molar-refractivity contribution in [3.63, 3.8) is 0 Å². The second-order valence-corrected chi connectivity index (χ2v) is 8.30. The molecule has 6 nitrogen and oxygen atoms in total. The Hall–Kier alpha value is -2.55. The number of halogens is 1. The van der Waals surface area contributed by atoms with Crippen LogP contribution in [0.4, 0.5) is 5.13 Å². The highest BCUT2D eigenvalue weighted by Crippen LogP contribution is 2.30. The summed E-state index contributed by atoms with van der Waals surface area (Å²) in [4.78, 5) is 12.2. The van der Waals surface area contributed by atoms with E-state index in [9.17, 15) is 4.79 Å². The largest absolute Gasteiger partial charge is 0.493 e. The summed E-state index contributed by atoms with van der Waals surface area (Å²) in [5.41, 5.74) is 1.84. The minimum Gasteiger partial charge on any atom is -0.493 e. The number of nitrogens with one attached hydrogen (secondary N) is 1. The van der Waals surface area contributed by atoms with Crippen molar-refractivity contribution in [3.8, 4) is 11.5 Å². The zero-order valence-electron chi connectivity index (χ0n) is 15.7. The van der Waals surface area contributed by atoms with E-state index in [1.807, 2.05) is 30.3 Å². The molecule has 1 aromatic heterocycles. The van der Waals surface area contributed by atoms with Crippen LogP contribution in [-0.2, 0) is 10.5 Å². The average molecular weight is 448 g/mol. The molecule has 0 unspecified atom stereocenters. The van der Waals surface area contributed by atoms with Gasteiger partial charge in [-0.3, -0.25) is 10.1 Å². The number of carbonyl (C=O) groups excluding carboxylic acids is 1. The van der Waals surface area contributed by atoms with Gasteiger partial charge < -0.3 is 9.47 Å². The van der Waals surface area contributed by atoms with E-state index in [0.29, 0.717) is 22.4 Å². The van der Waals surface area contributed by atoms with Crippen molar-refractivity contribution in [2.45, 2.75) is 10.1 Å². The van der Waals surface area contributed by atoms with Crippen LogP contribution in [0.2, 0.25) is 5.02 Å². The summed E-state index contributed by atoms with van der Waals surface area (Å²) < 4.78 is 11.2. The number of aromatic nitrogens is 2. The molecule has 0 aliphatic heterocycles. The first-order valence-corrected chi connectivity index (χ1v) is 10.7. The lowest BCUT2D eigenvalue weighted by atomic mass is 10.2. The Morgan fingerprint density at radius 1 is 1.17 bits per heavy atom. The summed E-state index contributed by atoms with van der Waals surface area (Å²) in [6.07, 6.45) is 3.12.